The van der Waals surface area contributed by atoms with E-state index in [-0.39, 0.29) is 5.91 Å². The number of carbonyl (C=O) groups excluding carboxylic acids is 1. The number of aromatic amines is 1. The molecule has 13 heavy (non-hydrogen) atoms. The SMILES string of the molecule is CC(C)CC(=O)NCc1cn[nH]c1. The van der Waals surface area contributed by atoms with Gasteiger partial charge in [-0.3, -0.25) is 9.89 Å². The first kappa shape index (κ1) is 9.77. The Kier molecular flexibility index (Phi) is 3.49. The fraction of sp³-hybridized carbons (Fsp3) is 0.556. The van der Waals surface area contributed by atoms with Crippen molar-refractivity contribution in [2.45, 2.75) is 26.8 Å². The van der Waals surface area contributed by atoms with Gasteiger partial charge in [0.1, 0.15) is 0 Å². The minimum Gasteiger partial charge on any atom is -0.352 e. The molecular formula is C9H15N3O. The molecule has 0 aliphatic rings. The fourth-order valence-corrected chi connectivity index (χ4v) is 1.02. The van der Waals surface area contributed by atoms with E-state index in [0.29, 0.717) is 18.9 Å². The van der Waals surface area contributed by atoms with Crippen molar-refractivity contribution in [1.29, 1.82) is 0 Å². The van der Waals surface area contributed by atoms with Gasteiger partial charge < -0.3 is 5.32 Å². The number of aromatic nitrogens is 2. The predicted octanol–water partition coefficient (Wildman–Crippen LogP) is 1.07. The Balaban J connectivity index is 2.23. The number of hydrogen-bond donors (Lipinski definition) is 2. The molecule has 0 saturated heterocycles. The maximum Gasteiger partial charge on any atom is 0.220 e. The topological polar surface area (TPSA) is 57.8 Å². The zero-order valence-electron chi connectivity index (χ0n) is 8.00. The van der Waals surface area contributed by atoms with Gasteiger partial charge in [0.2, 0.25) is 5.91 Å². The summed E-state index contributed by atoms with van der Waals surface area (Å²) >= 11 is 0. The minimum absolute atomic E-state index is 0.0937. The highest BCUT2D eigenvalue weighted by Crippen LogP contribution is 1.99. The zero-order valence-corrected chi connectivity index (χ0v) is 8.00. The first-order valence-electron chi connectivity index (χ1n) is 4.43. The Morgan fingerprint density at radius 2 is 2.46 bits per heavy atom. The summed E-state index contributed by atoms with van der Waals surface area (Å²) in [6.45, 7) is 4.61. The van der Waals surface area contributed by atoms with Gasteiger partial charge in [-0.15, -0.1) is 0 Å². The third-order valence-corrected chi connectivity index (χ3v) is 1.64. The molecule has 1 rings (SSSR count). The molecule has 4 nitrogen and oxygen atoms in total. The van der Waals surface area contributed by atoms with Crippen molar-refractivity contribution in [3.05, 3.63) is 18.0 Å². The van der Waals surface area contributed by atoms with Crippen molar-refractivity contribution < 1.29 is 4.79 Å². The van der Waals surface area contributed by atoms with E-state index >= 15 is 0 Å². The maximum atomic E-state index is 11.2. The summed E-state index contributed by atoms with van der Waals surface area (Å²) in [5.74, 6) is 0.501. The Labute approximate surface area is 77.7 Å². The average Bonchev–Trinajstić information content (AvgIpc) is 2.51. The number of amides is 1. The Morgan fingerprint density at radius 1 is 1.69 bits per heavy atom. The molecule has 1 amide bonds. The lowest BCUT2D eigenvalue weighted by atomic mass is 10.1. The highest BCUT2D eigenvalue weighted by Gasteiger charge is 2.03. The summed E-state index contributed by atoms with van der Waals surface area (Å²) in [5, 5.41) is 9.30. The smallest absolute Gasteiger partial charge is 0.220 e. The van der Waals surface area contributed by atoms with Crippen molar-refractivity contribution >= 4 is 5.91 Å². The normalized spacial score (nSPS) is 10.4. The first-order chi connectivity index (χ1) is 6.18. The Morgan fingerprint density at radius 3 is 3.00 bits per heavy atom. The molecule has 2 N–H and O–H groups in total. The van der Waals surface area contributed by atoms with Crippen molar-refractivity contribution in [3.8, 4) is 0 Å². The minimum atomic E-state index is 0.0937. The van der Waals surface area contributed by atoms with Crippen molar-refractivity contribution in [2.24, 2.45) is 5.92 Å². The summed E-state index contributed by atoms with van der Waals surface area (Å²) < 4.78 is 0. The highest BCUT2D eigenvalue weighted by molar-refractivity contribution is 5.75. The molecule has 4 heteroatoms. The van der Waals surface area contributed by atoms with Crippen LogP contribution in [0, 0.1) is 5.92 Å². The van der Waals surface area contributed by atoms with E-state index in [1.165, 1.54) is 0 Å². The third-order valence-electron chi connectivity index (χ3n) is 1.64. The van der Waals surface area contributed by atoms with Gasteiger partial charge in [-0.25, -0.2) is 0 Å². The van der Waals surface area contributed by atoms with Gasteiger partial charge in [-0.1, -0.05) is 13.8 Å². The van der Waals surface area contributed by atoms with Crippen LogP contribution in [-0.2, 0) is 11.3 Å². The number of nitrogens with one attached hydrogen (secondary N) is 2. The second kappa shape index (κ2) is 4.64. The lowest BCUT2D eigenvalue weighted by Gasteiger charge is -2.05. The van der Waals surface area contributed by atoms with Gasteiger partial charge in [-0.2, -0.15) is 5.10 Å². The lowest BCUT2D eigenvalue weighted by Crippen LogP contribution is -2.23. The number of nitrogens with zero attached hydrogens (tertiary/aromatic N) is 1. The van der Waals surface area contributed by atoms with Crippen LogP contribution in [0.3, 0.4) is 0 Å². The van der Waals surface area contributed by atoms with Crippen LogP contribution in [-0.4, -0.2) is 16.1 Å². The van der Waals surface area contributed by atoms with E-state index in [1.807, 2.05) is 13.8 Å². The maximum absolute atomic E-state index is 11.2. The number of carbonyl (C=O) groups is 1. The van der Waals surface area contributed by atoms with Gasteiger partial charge in [-0.05, 0) is 5.92 Å². The quantitative estimate of drug-likeness (QED) is 0.730. The summed E-state index contributed by atoms with van der Waals surface area (Å²) in [4.78, 5) is 11.2. The molecular weight excluding hydrogens is 166 g/mol. The summed E-state index contributed by atoms with van der Waals surface area (Å²) in [6, 6.07) is 0. The molecule has 0 spiro atoms. The molecule has 0 aromatic carbocycles. The lowest BCUT2D eigenvalue weighted by molar-refractivity contribution is -0.121. The van der Waals surface area contributed by atoms with E-state index in [0.717, 1.165) is 5.56 Å². The van der Waals surface area contributed by atoms with Crippen LogP contribution >= 0.6 is 0 Å². The second-order valence-electron chi connectivity index (χ2n) is 3.48. The van der Waals surface area contributed by atoms with Crippen LogP contribution in [0.1, 0.15) is 25.8 Å². The molecule has 1 aromatic rings. The first-order valence-corrected chi connectivity index (χ1v) is 4.43. The molecule has 0 atom stereocenters. The van der Waals surface area contributed by atoms with Gasteiger partial charge in [0.05, 0.1) is 6.20 Å². The monoisotopic (exact) mass is 181 g/mol. The molecule has 0 unspecified atom stereocenters. The van der Waals surface area contributed by atoms with Crippen LogP contribution in [0.15, 0.2) is 12.4 Å². The summed E-state index contributed by atoms with van der Waals surface area (Å²) in [7, 11) is 0. The zero-order chi connectivity index (χ0) is 9.68. The number of H-pyrrole nitrogens is 1. The standard InChI is InChI=1S/C9H15N3O/c1-7(2)3-9(13)10-4-8-5-11-12-6-8/h5-7H,3-4H2,1-2H3,(H,10,13)(H,11,12). The largest absolute Gasteiger partial charge is 0.352 e. The van der Waals surface area contributed by atoms with Crippen LogP contribution in [0.2, 0.25) is 0 Å². The number of rotatable bonds is 4. The van der Waals surface area contributed by atoms with Crippen LogP contribution in [0.4, 0.5) is 0 Å². The van der Waals surface area contributed by atoms with Gasteiger partial charge in [0, 0.05) is 24.7 Å². The molecule has 0 radical (unpaired) electrons. The van der Waals surface area contributed by atoms with Crippen molar-refractivity contribution in [2.75, 3.05) is 0 Å². The Bertz CT molecular complexity index is 254. The molecule has 0 saturated carbocycles. The molecule has 0 bridgehead atoms. The molecule has 0 fully saturated rings. The van der Waals surface area contributed by atoms with E-state index in [4.69, 9.17) is 0 Å². The van der Waals surface area contributed by atoms with Crippen LogP contribution in [0.5, 0.6) is 0 Å². The summed E-state index contributed by atoms with van der Waals surface area (Å²) in [5.41, 5.74) is 0.997. The molecule has 72 valence electrons. The fourth-order valence-electron chi connectivity index (χ4n) is 1.02. The third kappa shape index (κ3) is 3.73. The van der Waals surface area contributed by atoms with Gasteiger partial charge >= 0.3 is 0 Å². The molecule has 0 aliphatic carbocycles. The molecule has 0 aliphatic heterocycles. The molecule has 1 heterocycles. The van der Waals surface area contributed by atoms with E-state index in [1.54, 1.807) is 12.4 Å². The molecule has 1 aromatic heterocycles. The average molecular weight is 181 g/mol. The van der Waals surface area contributed by atoms with Gasteiger partial charge in [0.25, 0.3) is 0 Å². The van der Waals surface area contributed by atoms with Crippen molar-refractivity contribution in [3.63, 3.8) is 0 Å². The second-order valence-corrected chi connectivity index (χ2v) is 3.48. The van der Waals surface area contributed by atoms with Crippen LogP contribution < -0.4 is 5.32 Å². The van der Waals surface area contributed by atoms with Crippen molar-refractivity contribution in [1.82, 2.24) is 15.5 Å². The Hall–Kier alpha value is -1.32. The van der Waals surface area contributed by atoms with E-state index in [2.05, 4.69) is 15.5 Å². The van der Waals surface area contributed by atoms with Crippen LogP contribution in [0.25, 0.3) is 0 Å². The van der Waals surface area contributed by atoms with Gasteiger partial charge in [0.15, 0.2) is 0 Å². The van der Waals surface area contributed by atoms with E-state index < -0.39 is 0 Å². The predicted molar refractivity (Wildman–Crippen MR) is 49.9 cm³/mol. The number of hydrogen-bond acceptors (Lipinski definition) is 2. The summed E-state index contributed by atoms with van der Waals surface area (Å²) in [6.07, 6.45) is 4.06. The highest BCUT2D eigenvalue weighted by atomic mass is 16.1. The van der Waals surface area contributed by atoms with E-state index in [9.17, 15) is 4.79 Å².